The first-order chi connectivity index (χ1) is 8.27. The third-order valence-electron chi connectivity index (χ3n) is 2.23. The van der Waals surface area contributed by atoms with Crippen molar-refractivity contribution in [3.63, 3.8) is 0 Å². The summed E-state index contributed by atoms with van der Waals surface area (Å²) in [6.07, 6.45) is 8.22. The first kappa shape index (κ1) is 11.6. The quantitative estimate of drug-likeness (QED) is 0.891. The molecule has 88 valence electrons. The lowest BCUT2D eigenvalue weighted by Crippen LogP contribution is -2.27. The Labute approximate surface area is 103 Å². The van der Waals surface area contributed by atoms with E-state index in [0.29, 0.717) is 23.7 Å². The number of rotatable bonds is 4. The zero-order valence-corrected chi connectivity index (χ0v) is 9.76. The minimum atomic E-state index is -0.197. The van der Waals surface area contributed by atoms with Crippen LogP contribution in [0.3, 0.4) is 0 Å². The Balaban J connectivity index is 1.88. The summed E-state index contributed by atoms with van der Waals surface area (Å²) in [6.45, 7) is 1.20. The number of hydrogen-bond donors (Lipinski definition) is 1. The average molecular weight is 251 g/mol. The zero-order chi connectivity index (χ0) is 12.1. The molecule has 1 amide bonds. The molecule has 0 atom stereocenters. The van der Waals surface area contributed by atoms with E-state index in [4.69, 9.17) is 11.6 Å². The predicted octanol–water partition coefficient (Wildman–Crippen LogP) is 1.36. The summed E-state index contributed by atoms with van der Waals surface area (Å²) in [5.41, 5.74) is 0.437. The van der Waals surface area contributed by atoms with Crippen LogP contribution in [0.1, 0.15) is 10.4 Å². The Morgan fingerprint density at radius 2 is 2.29 bits per heavy atom. The molecule has 0 aliphatic carbocycles. The molecule has 6 heteroatoms. The number of nitrogens with zero attached hydrogens (tertiary/aromatic N) is 3. The Morgan fingerprint density at radius 1 is 1.41 bits per heavy atom. The monoisotopic (exact) mass is 250 g/mol. The van der Waals surface area contributed by atoms with Crippen LogP contribution in [0.5, 0.6) is 0 Å². The lowest BCUT2D eigenvalue weighted by Gasteiger charge is -2.06. The lowest BCUT2D eigenvalue weighted by molar-refractivity contribution is 0.0952. The van der Waals surface area contributed by atoms with Gasteiger partial charge in [-0.25, -0.2) is 4.98 Å². The minimum Gasteiger partial charge on any atom is -0.350 e. The van der Waals surface area contributed by atoms with Crippen LogP contribution >= 0.6 is 11.6 Å². The van der Waals surface area contributed by atoms with E-state index in [-0.39, 0.29) is 5.91 Å². The van der Waals surface area contributed by atoms with Gasteiger partial charge in [0, 0.05) is 37.9 Å². The van der Waals surface area contributed by atoms with Gasteiger partial charge in [0.1, 0.15) is 0 Å². The number of pyridine rings is 1. The fraction of sp³-hybridized carbons (Fsp3) is 0.182. The number of aromatic nitrogens is 3. The number of hydrogen-bond acceptors (Lipinski definition) is 3. The molecule has 2 rings (SSSR count). The number of carbonyl (C=O) groups excluding carboxylic acids is 1. The fourth-order valence-electron chi connectivity index (χ4n) is 1.37. The van der Waals surface area contributed by atoms with Crippen LogP contribution in [0.2, 0.25) is 5.02 Å². The van der Waals surface area contributed by atoms with Crippen LogP contribution in [-0.2, 0) is 6.54 Å². The van der Waals surface area contributed by atoms with Crippen LogP contribution < -0.4 is 5.32 Å². The summed E-state index contributed by atoms with van der Waals surface area (Å²) < 4.78 is 1.88. The van der Waals surface area contributed by atoms with Crippen molar-refractivity contribution in [3.05, 3.63) is 47.8 Å². The van der Waals surface area contributed by atoms with Gasteiger partial charge in [-0.3, -0.25) is 9.78 Å². The summed E-state index contributed by atoms with van der Waals surface area (Å²) in [5.74, 6) is -0.197. The van der Waals surface area contributed by atoms with Crippen molar-refractivity contribution >= 4 is 17.5 Å². The van der Waals surface area contributed by atoms with Gasteiger partial charge in [0.15, 0.2) is 0 Å². The molecule has 2 aromatic heterocycles. The van der Waals surface area contributed by atoms with Gasteiger partial charge in [-0.15, -0.1) is 0 Å². The maximum Gasteiger partial charge on any atom is 0.252 e. The van der Waals surface area contributed by atoms with E-state index in [0.717, 1.165) is 0 Å². The second-order valence-corrected chi connectivity index (χ2v) is 3.82. The predicted molar refractivity (Wildman–Crippen MR) is 63.8 cm³/mol. The molecule has 0 aliphatic heterocycles. The molecule has 0 bridgehead atoms. The largest absolute Gasteiger partial charge is 0.350 e. The molecule has 0 aromatic carbocycles. The van der Waals surface area contributed by atoms with Gasteiger partial charge >= 0.3 is 0 Å². The Kier molecular flexibility index (Phi) is 3.72. The highest BCUT2D eigenvalue weighted by Crippen LogP contribution is 2.12. The first-order valence-electron chi connectivity index (χ1n) is 5.11. The molecule has 0 unspecified atom stereocenters. The van der Waals surface area contributed by atoms with Crippen molar-refractivity contribution in [2.75, 3.05) is 6.54 Å². The Bertz CT molecular complexity index is 498. The van der Waals surface area contributed by atoms with E-state index in [1.165, 1.54) is 12.4 Å². The standard InChI is InChI=1S/C11H11ClN4O/c12-10-7-13-2-1-9(10)11(17)15-4-6-16-5-3-14-8-16/h1-3,5,7-8H,4,6H2,(H,15,17). The molecule has 1 N–H and O–H groups in total. The van der Waals surface area contributed by atoms with E-state index in [9.17, 15) is 4.79 Å². The maximum atomic E-state index is 11.7. The molecule has 5 nitrogen and oxygen atoms in total. The number of carbonyl (C=O) groups is 1. The van der Waals surface area contributed by atoms with Crippen molar-refractivity contribution in [2.24, 2.45) is 0 Å². The average Bonchev–Trinajstić information content (AvgIpc) is 2.82. The van der Waals surface area contributed by atoms with Gasteiger partial charge in [0.05, 0.1) is 16.9 Å². The molecule has 2 aromatic rings. The number of nitrogens with one attached hydrogen (secondary N) is 1. The topological polar surface area (TPSA) is 59.8 Å². The second-order valence-electron chi connectivity index (χ2n) is 3.41. The van der Waals surface area contributed by atoms with Gasteiger partial charge in [0.25, 0.3) is 5.91 Å². The summed E-state index contributed by atoms with van der Waals surface area (Å²) >= 11 is 5.86. The van der Waals surface area contributed by atoms with Crippen LogP contribution in [0.25, 0.3) is 0 Å². The van der Waals surface area contributed by atoms with Gasteiger partial charge in [0.2, 0.25) is 0 Å². The summed E-state index contributed by atoms with van der Waals surface area (Å²) in [4.78, 5) is 19.5. The van der Waals surface area contributed by atoms with Crippen molar-refractivity contribution in [2.45, 2.75) is 6.54 Å². The molecule has 17 heavy (non-hydrogen) atoms. The Hall–Kier alpha value is -1.88. The summed E-state index contributed by atoms with van der Waals surface area (Å²) in [7, 11) is 0. The number of imidazole rings is 1. The SMILES string of the molecule is O=C(NCCn1ccnc1)c1ccncc1Cl. The highest BCUT2D eigenvalue weighted by Gasteiger charge is 2.08. The van der Waals surface area contributed by atoms with E-state index in [2.05, 4.69) is 15.3 Å². The maximum absolute atomic E-state index is 11.7. The van der Waals surface area contributed by atoms with E-state index >= 15 is 0 Å². The van der Waals surface area contributed by atoms with Gasteiger partial charge in [-0.2, -0.15) is 0 Å². The number of halogens is 1. The highest BCUT2D eigenvalue weighted by atomic mass is 35.5. The lowest BCUT2D eigenvalue weighted by atomic mass is 10.2. The molecule has 0 radical (unpaired) electrons. The molecular formula is C11H11ClN4O. The summed E-state index contributed by atoms with van der Waals surface area (Å²) in [5, 5.41) is 3.13. The van der Waals surface area contributed by atoms with Crippen molar-refractivity contribution in [3.8, 4) is 0 Å². The second kappa shape index (κ2) is 5.45. The van der Waals surface area contributed by atoms with Crippen LogP contribution in [0.4, 0.5) is 0 Å². The van der Waals surface area contributed by atoms with Crippen molar-refractivity contribution in [1.82, 2.24) is 19.9 Å². The van der Waals surface area contributed by atoms with Crippen molar-refractivity contribution < 1.29 is 4.79 Å². The van der Waals surface area contributed by atoms with Gasteiger partial charge in [-0.05, 0) is 6.07 Å². The van der Waals surface area contributed by atoms with Gasteiger partial charge in [-0.1, -0.05) is 11.6 Å². The molecule has 0 saturated heterocycles. The van der Waals surface area contributed by atoms with Gasteiger partial charge < -0.3 is 9.88 Å². The third kappa shape index (κ3) is 3.04. The highest BCUT2D eigenvalue weighted by molar-refractivity contribution is 6.33. The van der Waals surface area contributed by atoms with Crippen LogP contribution in [0.15, 0.2) is 37.2 Å². The molecule has 0 spiro atoms. The van der Waals surface area contributed by atoms with E-state index in [1.807, 2.05) is 10.8 Å². The van der Waals surface area contributed by atoms with Crippen molar-refractivity contribution in [1.29, 1.82) is 0 Å². The molecule has 2 heterocycles. The van der Waals surface area contributed by atoms with E-state index < -0.39 is 0 Å². The molecule has 0 saturated carbocycles. The Morgan fingerprint density at radius 3 is 3.00 bits per heavy atom. The third-order valence-corrected chi connectivity index (χ3v) is 2.53. The number of amides is 1. The summed E-state index contributed by atoms with van der Waals surface area (Å²) in [6, 6.07) is 1.59. The van der Waals surface area contributed by atoms with Crippen LogP contribution in [0, 0.1) is 0 Å². The van der Waals surface area contributed by atoms with Crippen LogP contribution in [-0.4, -0.2) is 27.0 Å². The zero-order valence-electron chi connectivity index (χ0n) is 9.01. The normalized spacial score (nSPS) is 10.2. The molecular weight excluding hydrogens is 240 g/mol. The molecule has 0 fully saturated rings. The van der Waals surface area contributed by atoms with E-state index in [1.54, 1.807) is 18.6 Å². The molecule has 0 aliphatic rings. The fourth-order valence-corrected chi connectivity index (χ4v) is 1.58. The smallest absolute Gasteiger partial charge is 0.252 e. The minimum absolute atomic E-state index is 0.197. The first-order valence-corrected chi connectivity index (χ1v) is 5.48.